The first-order valence-electron chi connectivity index (χ1n) is 9.37. The first-order valence-corrected chi connectivity index (χ1v) is 9.37. The van der Waals surface area contributed by atoms with Gasteiger partial charge in [-0.15, -0.1) is 0 Å². The molecule has 6 nitrogen and oxygen atoms in total. The number of ether oxygens (including phenoxy) is 1. The maximum atomic E-state index is 12.4. The number of rotatable bonds is 7. The number of nitrogens with one attached hydrogen (secondary N) is 2. The third-order valence-corrected chi connectivity index (χ3v) is 4.66. The van der Waals surface area contributed by atoms with Gasteiger partial charge in [-0.2, -0.15) is 0 Å². The predicted molar refractivity (Wildman–Crippen MR) is 102 cm³/mol. The predicted octanol–water partition coefficient (Wildman–Crippen LogP) is 2.84. The molecule has 1 aliphatic carbocycles. The quantitative estimate of drug-likeness (QED) is 0.789. The van der Waals surface area contributed by atoms with E-state index in [9.17, 15) is 9.59 Å². The van der Waals surface area contributed by atoms with Crippen LogP contribution in [0.5, 0.6) is 5.88 Å². The minimum Gasteiger partial charge on any atom is -0.474 e. The van der Waals surface area contributed by atoms with Crippen molar-refractivity contribution in [1.29, 1.82) is 0 Å². The summed E-state index contributed by atoms with van der Waals surface area (Å²) in [6, 6.07) is 11.9. The summed E-state index contributed by atoms with van der Waals surface area (Å²) in [6.45, 7) is 1.97. The van der Waals surface area contributed by atoms with Crippen molar-refractivity contribution in [2.45, 2.75) is 51.3 Å². The van der Waals surface area contributed by atoms with Crippen LogP contribution in [-0.2, 0) is 11.3 Å². The van der Waals surface area contributed by atoms with E-state index in [1.54, 1.807) is 37.4 Å². The fourth-order valence-corrected chi connectivity index (χ4v) is 3.10. The average molecular weight is 367 g/mol. The van der Waals surface area contributed by atoms with Crippen LogP contribution in [0.15, 0.2) is 48.7 Å². The Morgan fingerprint density at radius 1 is 1.15 bits per heavy atom. The highest BCUT2D eigenvalue weighted by molar-refractivity contribution is 5.97. The molecule has 2 amide bonds. The number of aromatic nitrogens is 1. The molecule has 0 aliphatic heterocycles. The van der Waals surface area contributed by atoms with Crippen molar-refractivity contribution in [2.24, 2.45) is 0 Å². The summed E-state index contributed by atoms with van der Waals surface area (Å²) in [6.07, 6.45) is 6.36. The van der Waals surface area contributed by atoms with Gasteiger partial charge in [-0.25, -0.2) is 4.98 Å². The van der Waals surface area contributed by atoms with E-state index < -0.39 is 6.04 Å². The van der Waals surface area contributed by atoms with Gasteiger partial charge in [0.15, 0.2) is 0 Å². The Hall–Kier alpha value is -2.89. The van der Waals surface area contributed by atoms with Gasteiger partial charge in [0.05, 0.1) is 0 Å². The summed E-state index contributed by atoms with van der Waals surface area (Å²) >= 11 is 0. The van der Waals surface area contributed by atoms with Crippen LogP contribution in [0, 0.1) is 0 Å². The van der Waals surface area contributed by atoms with E-state index in [0.29, 0.717) is 18.0 Å². The molecule has 1 aliphatic rings. The molecule has 1 aromatic carbocycles. The molecule has 0 bridgehead atoms. The summed E-state index contributed by atoms with van der Waals surface area (Å²) in [7, 11) is 0. The van der Waals surface area contributed by atoms with Gasteiger partial charge < -0.3 is 15.4 Å². The fraction of sp³-hybridized carbons (Fsp3) is 0.381. The molecule has 0 radical (unpaired) electrons. The van der Waals surface area contributed by atoms with E-state index >= 15 is 0 Å². The first-order chi connectivity index (χ1) is 13.1. The van der Waals surface area contributed by atoms with Gasteiger partial charge in [0.1, 0.15) is 12.1 Å². The molecule has 6 heteroatoms. The maximum Gasteiger partial charge on any atom is 0.251 e. The number of pyridine rings is 1. The van der Waals surface area contributed by atoms with Gasteiger partial charge in [-0.1, -0.05) is 24.3 Å². The van der Waals surface area contributed by atoms with Gasteiger partial charge in [-0.3, -0.25) is 9.59 Å². The normalized spacial score (nSPS) is 15.1. The second-order valence-electron chi connectivity index (χ2n) is 6.77. The molecular formula is C21H25N3O3. The van der Waals surface area contributed by atoms with Crippen molar-refractivity contribution in [3.63, 3.8) is 0 Å². The van der Waals surface area contributed by atoms with E-state index in [0.717, 1.165) is 18.4 Å². The smallest absolute Gasteiger partial charge is 0.251 e. The molecule has 1 atom stereocenters. The lowest BCUT2D eigenvalue weighted by Gasteiger charge is -2.17. The molecule has 1 saturated carbocycles. The van der Waals surface area contributed by atoms with Crippen LogP contribution in [0.1, 0.15) is 48.5 Å². The summed E-state index contributed by atoms with van der Waals surface area (Å²) in [4.78, 5) is 28.8. The minimum atomic E-state index is -0.645. The molecule has 3 rings (SSSR count). The lowest BCUT2D eigenvalue weighted by Crippen LogP contribution is -2.44. The maximum absolute atomic E-state index is 12.4. The summed E-state index contributed by atoms with van der Waals surface area (Å²) in [5.41, 5.74) is 1.36. The number of amides is 2. The lowest BCUT2D eigenvalue weighted by atomic mass is 10.2. The van der Waals surface area contributed by atoms with Crippen molar-refractivity contribution in [1.82, 2.24) is 15.6 Å². The van der Waals surface area contributed by atoms with Crippen molar-refractivity contribution < 1.29 is 14.3 Å². The van der Waals surface area contributed by atoms with Crippen LogP contribution in [0.25, 0.3) is 0 Å². The summed E-state index contributed by atoms with van der Waals surface area (Å²) in [5, 5.41) is 5.55. The Balaban J connectivity index is 1.53. The molecular weight excluding hydrogens is 342 g/mol. The van der Waals surface area contributed by atoms with Crippen LogP contribution in [0.4, 0.5) is 0 Å². The zero-order chi connectivity index (χ0) is 19.1. The molecule has 2 aromatic rings. The number of hydrogen-bond donors (Lipinski definition) is 2. The van der Waals surface area contributed by atoms with Crippen molar-refractivity contribution in [3.05, 3.63) is 59.8 Å². The Kier molecular flexibility index (Phi) is 6.41. The number of nitrogens with zero attached hydrogens (tertiary/aromatic N) is 1. The van der Waals surface area contributed by atoms with Crippen LogP contribution in [0.3, 0.4) is 0 Å². The zero-order valence-corrected chi connectivity index (χ0v) is 15.5. The second kappa shape index (κ2) is 9.16. The molecule has 1 aromatic heterocycles. The Labute approximate surface area is 159 Å². The number of carbonyl (C=O) groups excluding carboxylic acids is 2. The van der Waals surface area contributed by atoms with Crippen LogP contribution < -0.4 is 15.4 Å². The van der Waals surface area contributed by atoms with Crippen molar-refractivity contribution in [3.8, 4) is 5.88 Å². The van der Waals surface area contributed by atoms with Gasteiger partial charge >= 0.3 is 0 Å². The number of hydrogen-bond acceptors (Lipinski definition) is 4. The highest BCUT2D eigenvalue weighted by atomic mass is 16.5. The molecule has 0 spiro atoms. The topological polar surface area (TPSA) is 80.3 Å². The van der Waals surface area contributed by atoms with Gasteiger partial charge in [0.25, 0.3) is 5.91 Å². The molecule has 0 saturated heterocycles. The Bertz CT molecular complexity index is 773. The lowest BCUT2D eigenvalue weighted by molar-refractivity contribution is -0.122. The van der Waals surface area contributed by atoms with E-state index in [-0.39, 0.29) is 17.9 Å². The standard InChI is InChI=1S/C21H25N3O3/c1-15(24-20(26)16-8-3-2-4-9-16)19(25)23-14-17-10-7-13-22-21(17)27-18-11-5-6-12-18/h2-4,7-10,13,15,18H,5-6,11-12,14H2,1H3,(H,23,25)(H,24,26)/t15-/m1/s1. The van der Waals surface area contributed by atoms with Gasteiger partial charge in [0, 0.05) is 23.9 Å². The fourth-order valence-electron chi connectivity index (χ4n) is 3.10. The summed E-state index contributed by atoms with van der Waals surface area (Å²) < 4.78 is 5.99. The molecule has 27 heavy (non-hydrogen) atoms. The van der Waals surface area contributed by atoms with E-state index in [1.807, 2.05) is 18.2 Å². The van der Waals surface area contributed by atoms with E-state index in [4.69, 9.17) is 4.74 Å². The number of benzene rings is 1. The van der Waals surface area contributed by atoms with Gasteiger partial charge in [0.2, 0.25) is 11.8 Å². The van der Waals surface area contributed by atoms with Crippen LogP contribution in [0.2, 0.25) is 0 Å². The van der Waals surface area contributed by atoms with Crippen molar-refractivity contribution in [2.75, 3.05) is 0 Å². The molecule has 2 N–H and O–H groups in total. The third kappa shape index (κ3) is 5.29. The molecule has 1 fully saturated rings. The monoisotopic (exact) mass is 367 g/mol. The SMILES string of the molecule is C[C@@H](NC(=O)c1ccccc1)C(=O)NCc1cccnc1OC1CCCC1. The third-order valence-electron chi connectivity index (χ3n) is 4.66. The van der Waals surface area contributed by atoms with Crippen LogP contribution in [-0.4, -0.2) is 28.9 Å². The Morgan fingerprint density at radius 3 is 2.63 bits per heavy atom. The first kappa shape index (κ1) is 18.9. The highest BCUT2D eigenvalue weighted by Crippen LogP contribution is 2.24. The largest absolute Gasteiger partial charge is 0.474 e. The second-order valence-corrected chi connectivity index (χ2v) is 6.77. The minimum absolute atomic E-state index is 0.207. The molecule has 0 unspecified atom stereocenters. The zero-order valence-electron chi connectivity index (χ0n) is 15.5. The number of carbonyl (C=O) groups is 2. The van der Waals surface area contributed by atoms with Crippen molar-refractivity contribution >= 4 is 11.8 Å². The van der Waals surface area contributed by atoms with Crippen LogP contribution >= 0.6 is 0 Å². The average Bonchev–Trinajstić information content (AvgIpc) is 3.20. The van der Waals surface area contributed by atoms with Gasteiger partial charge in [-0.05, 0) is 50.8 Å². The highest BCUT2D eigenvalue weighted by Gasteiger charge is 2.20. The van der Waals surface area contributed by atoms with E-state index in [2.05, 4.69) is 15.6 Å². The summed E-state index contributed by atoms with van der Waals surface area (Å²) in [5.74, 6) is 0.0468. The molecule has 142 valence electrons. The van der Waals surface area contributed by atoms with E-state index in [1.165, 1.54) is 12.8 Å². The molecule has 1 heterocycles. The Morgan fingerprint density at radius 2 is 1.89 bits per heavy atom.